The molecule has 9 heteroatoms. The summed E-state index contributed by atoms with van der Waals surface area (Å²) in [6.45, 7) is 1.95. The third-order valence-corrected chi connectivity index (χ3v) is 4.24. The van der Waals surface area contributed by atoms with Crippen molar-refractivity contribution in [3.63, 3.8) is 0 Å². The Morgan fingerprint density at radius 1 is 1.21 bits per heavy atom. The number of hydrogen-bond acceptors (Lipinski definition) is 7. The zero-order valence-corrected chi connectivity index (χ0v) is 13.4. The van der Waals surface area contributed by atoms with Gasteiger partial charge in [-0.3, -0.25) is 4.79 Å². The first-order valence-corrected chi connectivity index (χ1v) is 7.88. The topological polar surface area (TPSA) is 98.5 Å². The van der Waals surface area contributed by atoms with E-state index in [1.807, 2.05) is 25.1 Å². The molecule has 0 bridgehead atoms. The summed E-state index contributed by atoms with van der Waals surface area (Å²) in [5.41, 5.74) is 1.75. The Balaban J connectivity index is 1.54. The highest BCUT2D eigenvalue weighted by atomic mass is 32.1. The SMILES string of the molecule is Cc1nc2cc(NC(=O)c3ccc(-n4cncn4)nn3)ccc2s1. The third-order valence-electron chi connectivity index (χ3n) is 3.29. The van der Waals surface area contributed by atoms with Gasteiger partial charge in [0.05, 0.1) is 15.2 Å². The molecule has 0 fully saturated rings. The van der Waals surface area contributed by atoms with E-state index in [1.54, 1.807) is 23.5 Å². The van der Waals surface area contributed by atoms with Crippen molar-refractivity contribution in [1.29, 1.82) is 0 Å². The highest BCUT2D eigenvalue weighted by Gasteiger charge is 2.10. The fourth-order valence-electron chi connectivity index (χ4n) is 2.21. The van der Waals surface area contributed by atoms with Gasteiger partial charge in [-0.05, 0) is 37.3 Å². The number of amides is 1. The van der Waals surface area contributed by atoms with Gasteiger partial charge in [-0.1, -0.05) is 0 Å². The van der Waals surface area contributed by atoms with Gasteiger partial charge in [0.1, 0.15) is 12.7 Å². The van der Waals surface area contributed by atoms with E-state index in [1.165, 1.54) is 17.3 Å². The molecule has 0 aliphatic heterocycles. The average molecular weight is 337 g/mol. The lowest BCUT2D eigenvalue weighted by molar-refractivity contribution is 0.102. The van der Waals surface area contributed by atoms with E-state index in [2.05, 4.69) is 30.6 Å². The normalized spacial score (nSPS) is 10.9. The van der Waals surface area contributed by atoms with Gasteiger partial charge < -0.3 is 5.32 Å². The van der Waals surface area contributed by atoms with Crippen LogP contribution < -0.4 is 5.32 Å². The number of anilines is 1. The molecule has 1 aromatic carbocycles. The van der Waals surface area contributed by atoms with Gasteiger partial charge in [0.2, 0.25) is 0 Å². The molecule has 24 heavy (non-hydrogen) atoms. The molecule has 4 aromatic rings. The summed E-state index contributed by atoms with van der Waals surface area (Å²) < 4.78 is 2.55. The summed E-state index contributed by atoms with van der Waals surface area (Å²) in [5.74, 6) is 0.155. The van der Waals surface area contributed by atoms with Crippen molar-refractivity contribution in [1.82, 2.24) is 29.9 Å². The first kappa shape index (κ1) is 14.4. The number of nitrogens with zero attached hydrogens (tertiary/aromatic N) is 6. The maximum Gasteiger partial charge on any atom is 0.276 e. The van der Waals surface area contributed by atoms with E-state index in [0.29, 0.717) is 11.5 Å². The predicted octanol–water partition coefficient (Wildman–Crippen LogP) is 2.23. The van der Waals surface area contributed by atoms with Gasteiger partial charge >= 0.3 is 0 Å². The molecular weight excluding hydrogens is 326 g/mol. The van der Waals surface area contributed by atoms with Crippen LogP contribution in [0.1, 0.15) is 15.5 Å². The second-order valence-corrected chi connectivity index (χ2v) is 6.22. The summed E-state index contributed by atoms with van der Waals surface area (Å²) in [6, 6.07) is 8.87. The third kappa shape index (κ3) is 2.72. The van der Waals surface area contributed by atoms with Crippen molar-refractivity contribution in [3.8, 4) is 5.82 Å². The molecule has 0 saturated heterocycles. The Kier molecular flexibility index (Phi) is 3.47. The van der Waals surface area contributed by atoms with Crippen LogP contribution in [0.5, 0.6) is 0 Å². The molecule has 3 aromatic heterocycles. The van der Waals surface area contributed by atoms with Crippen molar-refractivity contribution < 1.29 is 4.79 Å². The Labute approximate surface area is 140 Å². The number of aromatic nitrogens is 6. The summed E-state index contributed by atoms with van der Waals surface area (Å²) in [4.78, 5) is 20.5. The number of aryl methyl sites for hydroxylation is 1. The smallest absolute Gasteiger partial charge is 0.276 e. The van der Waals surface area contributed by atoms with E-state index in [4.69, 9.17) is 0 Å². The van der Waals surface area contributed by atoms with Crippen LogP contribution >= 0.6 is 11.3 Å². The van der Waals surface area contributed by atoms with Crippen LogP contribution in [0.2, 0.25) is 0 Å². The molecule has 0 unspecified atom stereocenters. The molecule has 118 valence electrons. The van der Waals surface area contributed by atoms with Crippen LogP contribution in [0, 0.1) is 6.92 Å². The lowest BCUT2D eigenvalue weighted by Gasteiger charge is -2.05. The number of hydrogen-bond donors (Lipinski definition) is 1. The number of benzene rings is 1. The highest BCUT2D eigenvalue weighted by Crippen LogP contribution is 2.24. The number of fused-ring (bicyclic) bond motifs is 1. The first-order chi connectivity index (χ1) is 11.7. The molecule has 1 amide bonds. The monoisotopic (exact) mass is 337 g/mol. The number of carbonyl (C=O) groups is 1. The van der Waals surface area contributed by atoms with Crippen LogP contribution in [0.4, 0.5) is 5.69 Å². The molecule has 0 spiro atoms. The fraction of sp³-hybridized carbons (Fsp3) is 0.0667. The molecular formula is C15H11N7OS. The van der Waals surface area contributed by atoms with E-state index in [-0.39, 0.29) is 11.6 Å². The van der Waals surface area contributed by atoms with Gasteiger partial charge in [-0.25, -0.2) is 14.6 Å². The number of nitrogens with one attached hydrogen (secondary N) is 1. The molecule has 4 rings (SSSR count). The molecule has 0 radical (unpaired) electrons. The van der Waals surface area contributed by atoms with Crippen molar-refractivity contribution in [2.45, 2.75) is 6.92 Å². The van der Waals surface area contributed by atoms with Crippen molar-refractivity contribution >= 4 is 33.1 Å². The quantitative estimate of drug-likeness (QED) is 0.615. The van der Waals surface area contributed by atoms with Crippen LogP contribution in [0.15, 0.2) is 43.0 Å². The van der Waals surface area contributed by atoms with Crippen molar-refractivity contribution in [2.24, 2.45) is 0 Å². The second-order valence-electron chi connectivity index (χ2n) is 4.99. The minimum absolute atomic E-state index is 0.216. The first-order valence-electron chi connectivity index (χ1n) is 7.06. The summed E-state index contributed by atoms with van der Waals surface area (Å²) in [5, 5.41) is 15.7. The zero-order chi connectivity index (χ0) is 16.5. The molecule has 0 saturated carbocycles. The van der Waals surface area contributed by atoms with Gasteiger partial charge in [-0.2, -0.15) is 5.10 Å². The van der Waals surface area contributed by atoms with Crippen LogP contribution in [0.3, 0.4) is 0 Å². The maximum atomic E-state index is 12.3. The zero-order valence-electron chi connectivity index (χ0n) is 12.5. The number of thiazole rings is 1. The number of rotatable bonds is 3. The highest BCUT2D eigenvalue weighted by molar-refractivity contribution is 7.18. The van der Waals surface area contributed by atoms with E-state index in [0.717, 1.165) is 15.2 Å². The van der Waals surface area contributed by atoms with Crippen LogP contribution in [-0.2, 0) is 0 Å². The van der Waals surface area contributed by atoms with Gasteiger partial charge in [0.25, 0.3) is 5.91 Å². The Bertz CT molecular complexity index is 1010. The van der Waals surface area contributed by atoms with Gasteiger partial charge in [0.15, 0.2) is 11.5 Å². The number of carbonyl (C=O) groups excluding carboxylic acids is 1. The van der Waals surface area contributed by atoms with E-state index >= 15 is 0 Å². The summed E-state index contributed by atoms with van der Waals surface area (Å²) in [6.07, 6.45) is 2.91. The minimum atomic E-state index is -0.334. The van der Waals surface area contributed by atoms with Crippen molar-refractivity contribution in [2.75, 3.05) is 5.32 Å². The largest absolute Gasteiger partial charge is 0.321 e. The Hall–Kier alpha value is -3.20. The predicted molar refractivity (Wildman–Crippen MR) is 89.3 cm³/mol. The molecule has 8 nitrogen and oxygen atoms in total. The molecule has 1 N–H and O–H groups in total. The minimum Gasteiger partial charge on any atom is -0.321 e. The van der Waals surface area contributed by atoms with E-state index in [9.17, 15) is 4.79 Å². The van der Waals surface area contributed by atoms with Gasteiger partial charge in [0, 0.05) is 5.69 Å². The summed E-state index contributed by atoms with van der Waals surface area (Å²) >= 11 is 1.62. The Morgan fingerprint density at radius 3 is 2.88 bits per heavy atom. The average Bonchev–Trinajstić information content (AvgIpc) is 3.23. The van der Waals surface area contributed by atoms with Gasteiger partial charge in [-0.15, -0.1) is 21.5 Å². The fourth-order valence-corrected chi connectivity index (χ4v) is 3.02. The standard InChI is InChI=1S/C15H11N7OS/c1-9-18-12-6-10(2-4-13(12)24-9)19-15(23)11-3-5-14(21-20-11)22-8-16-7-17-22/h2-8H,1H3,(H,19,23). The second kappa shape index (κ2) is 5.78. The van der Waals surface area contributed by atoms with Crippen LogP contribution in [0.25, 0.3) is 16.0 Å². The molecule has 3 heterocycles. The van der Waals surface area contributed by atoms with Crippen molar-refractivity contribution in [3.05, 3.63) is 53.7 Å². The van der Waals surface area contributed by atoms with E-state index < -0.39 is 0 Å². The molecule has 0 aliphatic carbocycles. The van der Waals surface area contributed by atoms with Crippen LogP contribution in [-0.4, -0.2) is 35.9 Å². The lowest BCUT2D eigenvalue weighted by Crippen LogP contribution is -2.15. The molecule has 0 aliphatic rings. The summed E-state index contributed by atoms with van der Waals surface area (Å²) in [7, 11) is 0. The Morgan fingerprint density at radius 2 is 2.12 bits per heavy atom. The molecule has 0 atom stereocenters. The maximum absolute atomic E-state index is 12.3. The lowest BCUT2D eigenvalue weighted by atomic mass is 10.3.